The Morgan fingerprint density at radius 2 is 1.70 bits per heavy atom. The lowest BCUT2D eigenvalue weighted by Crippen LogP contribution is -2.17. The van der Waals surface area contributed by atoms with E-state index in [0.29, 0.717) is 5.57 Å². The Hall–Kier alpha value is -2.59. The summed E-state index contributed by atoms with van der Waals surface area (Å²) >= 11 is 0. The second kappa shape index (κ2) is 9.94. The average molecular weight is 422 g/mol. The first-order valence-corrected chi connectivity index (χ1v) is 12.0. The van der Waals surface area contributed by atoms with Gasteiger partial charge in [-0.15, -0.1) is 0 Å². The Morgan fingerprint density at radius 1 is 1.07 bits per heavy atom. The van der Waals surface area contributed by atoms with Crippen LogP contribution in [0.3, 0.4) is 0 Å². The number of carbonyl (C=O) groups is 1. The third kappa shape index (κ3) is 4.93. The van der Waals surface area contributed by atoms with Crippen LogP contribution >= 0.6 is 10.5 Å². The lowest BCUT2D eigenvalue weighted by molar-refractivity contribution is -0.114. The van der Waals surface area contributed by atoms with E-state index in [9.17, 15) is 4.79 Å². The number of carbonyl (C=O) groups excluding carboxylic acids is 1. The van der Waals surface area contributed by atoms with E-state index in [4.69, 9.17) is 10.5 Å². The maximum atomic E-state index is 11.2. The minimum absolute atomic E-state index is 0.0986. The molecule has 1 amide bonds. The zero-order valence-corrected chi connectivity index (χ0v) is 19.1. The molecule has 158 valence electrons. The number of primary amides is 1. The zero-order chi connectivity index (χ0) is 21.7. The van der Waals surface area contributed by atoms with Crippen LogP contribution in [0.25, 0.3) is 0 Å². The molecule has 0 spiro atoms. The van der Waals surface area contributed by atoms with Gasteiger partial charge in [0.2, 0.25) is 5.91 Å². The Kier molecular flexibility index (Phi) is 7.33. The fraction of sp³-hybridized carbons (Fsp3) is 0.308. The van der Waals surface area contributed by atoms with Crippen molar-refractivity contribution in [1.82, 2.24) is 0 Å². The molecule has 2 N–H and O–H groups in total. The van der Waals surface area contributed by atoms with Gasteiger partial charge in [0.25, 0.3) is 0 Å². The first-order valence-electron chi connectivity index (χ1n) is 10.4. The molecule has 0 aromatic heterocycles. The molecule has 4 rings (SSSR count). The Labute approximate surface area is 182 Å². The Bertz CT molecular complexity index is 1020. The van der Waals surface area contributed by atoms with Crippen LogP contribution in [0.1, 0.15) is 43.4 Å². The highest BCUT2D eigenvalue weighted by molar-refractivity contribution is 8.20. The largest absolute Gasteiger partial charge is 0.497 e. The van der Waals surface area contributed by atoms with Crippen molar-refractivity contribution in [2.24, 2.45) is 5.73 Å². The number of ether oxygens (including phenoxy) is 1. The summed E-state index contributed by atoms with van der Waals surface area (Å²) in [6.45, 7) is 3.85. The number of aryl methyl sites for hydroxylation is 2. The van der Waals surface area contributed by atoms with Crippen molar-refractivity contribution in [2.45, 2.75) is 39.5 Å². The number of methoxy groups -OCH3 is 1. The van der Waals surface area contributed by atoms with E-state index < -0.39 is 0 Å². The predicted molar refractivity (Wildman–Crippen MR) is 129 cm³/mol. The topological polar surface area (TPSA) is 52.3 Å². The standard InChI is InChI=1S/C16H19NO2S.C10H12/c1-10(16(17)18)8-14-11(2)20(4)15(14)12-6-5-7-13(9-12)19-3;1-2-6-10-8-4-3-7-9(10)5-1/h5-9H,1-4H3,(H2,17,18);1-2,5-6H,3-4,7-8H2/b10-8+;. The van der Waals surface area contributed by atoms with Gasteiger partial charge in [-0.3, -0.25) is 4.79 Å². The highest BCUT2D eigenvalue weighted by atomic mass is 32.2. The molecule has 30 heavy (non-hydrogen) atoms. The van der Waals surface area contributed by atoms with E-state index in [1.165, 1.54) is 35.5 Å². The summed E-state index contributed by atoms with van der Waals surface area (Å²) in [5.41, 5.74) is 11.3. The van der Waals surface area contributed by atoms with Gasteiger partial charge in [0.05, 0.1) is 7.11 Å². The molecular formula is C26H31NO2S. The van der Waals surface area contributed by atoms with Gasteiger partial charge < -0.3 is 10.5 Å². The summed E-state index contributed by atoms with van der Waals surface area (Å²) in [6.07, 6.45) is 9.46. The number of hydrogen-bond acceptors (Lipinski definition) is 2. The molecule has 1 unspecified atom stereocenters. The van der Waals surface area contributed by atoms with Crippen LogP contribution in [0.4, 0.5) is 0 Å². The number of hydrogen-bond donors (Lipinski definition) is 1. The molecular weight excluding hydrogens is 390 g/mol. The minimum Gasteiger partial charge on any atom is -0.497 e. The minimum atomic E-state index is -0.377. The number of nitrogens with two attached hydrogens (primary N) is 1. The number of amides is 1. The smallest absolute Gasteiger partial charge is 0.244 e. The molecule has 1 aliphatic carbocycles. The van der Waals surface area contributed by atoms with Gasteiger partial charge in [-0.1, -0.05) is 36.4 Å². The van der Waals surface area contributed by atoms with Crippen LogP contribution in [-0.2, 0) is 17.6 Å². The van der Waals surface area contributed by atoms with Crippen molar-refractivity contribution in [1.29, 1.82) is 0 Å². The lowest BCUT2D eigenvalue weighted by atomic mass is 9.92. The van der Waals surface area contributed by atoms with E-state index in [1.807, 2.05) is 24.3 Å². The van der Waals surface area contributed by atoms with Crippen LogP contribution in [0.2, 0.25) is 0 Å². The van der Waals surface area contributed by atoms with Crippen molar-refractivity contribution < 1.29 is 9.53 Å². The van der Waals surface area contributed by atoms with Crippen LogP contribution in [0, 0.1) is 0 Å². The maximum Gasteiger partial charge on any atom is 0.244 e. The molecule has 3 nitrogen and oxygen atoms in total. The highest BCUT2D eigenvalue weighted by Crippen LogP contribution is 2.42. The van der Waals surface area contributed by atoms with Crippen molar-refractivity contribution >= 4 is 21.3 Å². The second-order valence-electron chi connectivity index (χ2n) is 7.71. The van der Waals surface area contributed by atoms with E-state index in [-0.39, 0.29) is 16.4 Å². The monoisotopic (exact) mass is 421 g/mol. The summed E-state index contributed by atoms with van der Waals surface area (Å²) in [5.74, 6) is 0.463. The van der Waals surface area contributed by atoms with Crippen LogP contribution in [-0.4, -0.2) is 24.1 Å². The molecule has 2 aromatic carbocycles. The number of fused-ring (bicyclic) bond motifs is 1. The van der Waals surface area contributed by atoms with Gasteiger partial charge in [0.1, 0.15) is 5.75 Å². The SMILES string of the molecule is COc1cccc(C2=S(C)C(C)=C2/C=C(\C)C(N)=O)c1.c1ccc2c(c1)CCCC2. The van der Waals surface area contributed by atoms with Crippen molar-refractivity contribution in [3.8, 4) is 5.75 Å². The van der Waals surface area contributed by atoms with Gasteiger partial charge >= 0.3 is 0 Å². The second-order valence-corrected chi connectivity index (χ2v) is 9.75. The molecule has 0 radical (unpaired) electrons. The normalized spacial score (nSPS) is 18.1. The summed E-state index contributed by atoms with van der Waals surface area (Å²) in [4.78, 5) is 13.8. The Balaban J connectivity index is 0.000000212. The van der Waals surface area contributed by atoms with Gasteiger partial charge in [-0.2, -0.15) is 10.5 Å². The zero-order valence-electron chi connectivity index (χ0n) is 18.3. The van der Waals surface area contributed by atoms with E-state index in [2.05, 4.69) is 43.5 Å². The van der Waals surface area contributed by atoms with Gasteiger partial charge in [-0.25, -0.2) is 0 Å². The number of allylic oxidation sites excluding steroid dienone is 3. The summed E-state index contributed by atoms with van der Waals surface area (Å²) in [6, 6.07) is 16.8. The predicted octanol–water partition coefficient (Wildman–Crippen LogP) is 5.40. The van der Waals surface area contributed by atoms with Crippen molar-refractivity contribution in [3.63, 3.8) is 0 Å². The van der Waals surface area contributed by atoms with E-state index in [0.717, 1.165) is 16.9 Å². The summed E-state index contributed by atoms with van der Waals surface area (Å²) in [5, 5.41) is 0. The highest BCUT2D eigenvalue weighted by Gasteiger charge is 2.23. The molecule has 0 saturated carbocycles. The fourth-order valence-electron chi connectivity index (χ4n) is 3.82. The van der Waals surface area contributed by atoms with Crippen LogP contribution in [0.15, 0.2) is 70.7 Å². The van der Waals surface area contributed by atoms with E-state index in [1.54, 1.807) is 25.2 Å². The van der Waals surface area contributed by atoms with Crippen molar-refractivity contribution in [2.75, 3.05) is 13.4 Å². The van der Waals surface area contributed by atoms with Crippen LogP contribution < -0.4 is 10.5 Å². The fourth-order valence-corrected chi connectivity index (χ4v) is 5.49. The Morgan fingerprint density at radius 3 is 2.27 bits per heavy atom. The lowest BCUT2D eigenvalue weighted by Gasteiger charge is -2.27. The molecule has 4 heteroatoms. The molecule has 1 aliphatic heterocycles. The molecule has 0 fully saturated rings. The molecule has 2 aliphatic rings. The molecule has 1 atom stereocenters. The van der Waals surface area contributed by atoms with Crippen molar-refractivity contribution in [3.05, 3.63) is 87.3 Å². The third-order valence-corrected chi connectivity index (χ3v) is 7.94. The molecule has 0 saturated heterocycles. The summed E-state index contributed by atoms with van der Waals surface area (Å²) < 4.78 is 5.27. The van der Waals surface area contributed by atoms with E-state index >= 15 is 0 Å². The van der Waals surface area contributed by atoms with Gasteiger partial charge in [0.15, 0.2) is 0 Å². The molecule has 1 heterocycles. The quantitative estimate of drug-likeness (QED) is 0.531. The van der Waals surface area contributed by atoms with Crippen LogP contribution in [0.5, 0.6) is 5.75 Å². The molecule has 2 aromatic rings. The average Bonchev–Trinajstić information content (AvgIpc) is 2.78. The van der Waals surface area contributed by atoms with Gasteiger partial charge in [-0.05, 0) is 91.2 Å². The van der Waals surface area contributed by atoms with Gasteiger partial charge in [0, 0.05) is 10.4 Å². The first-order chi connectivity index (χ1) is 14.4. The third-order valence-electron chi connectivity index (χ3n) is 5.73. The maximum absolute atomic E-state index is 11.2. The summed E-state index contributed by atoms with van der Waals surface area (Å²) in [7, 11) is 1.76. The first kappa shape index (κ1) is 22.1. The number of benzene rings is 2. The molecule has 0 bridgehead atoms. The number of rotatable bonds is 4.